The summed E-state index contributed by atoms with van der Waals surface area (Å²) in [4.78, 5) is 23.9. The van der Waals surface area contributed by atoms with Crippen molar-refractivity contribution in [2.24, 2.45) is 5.92 Å². The van der Waals surface area contributed by atoms with Gasteiger partial charge in [0.1, 0.15) is 5.52 Å². The number of amides is 1. The lowest BCUT2D eigenvalue weighted by Crippen LogP contribution is -2.48. The van der Waals surface area contributed by atoms with E-state index in [2.05, 4.69) is 23.8 Å². The van der Waals surface area contributed by atoms with Crippen LogP contribution in [0.25, 0.3) is 11.2 Å². The van der Waals surface area contributed by atoms with Crippen molar-refractivity contribution in [3.05, 3.63) is 24.2 Å². The molecule has 2 aliphatic rings. The van der Waals surface area contributed by atoms with Crippen molar-refractivity contribution in [3.63, 3.8) is 0 Å². The number of carbonyl (C=O) groups excluding carboxylic acids is 1. The van der Waals surface area contributed by atoms with E-state index in [0.717, 1.165) is 30.6 Å². The van der Waals surface area contributed by atoms with Gasteiger partial charge in [0.2, 0.25) is 0 Å². The van der Waals surface area contributed by atoms with E-state index in [1.807, 2.05) is 15.5 Å². The summed E-state index contributed by atoms with van der Waals surface area (Å²) in [6, 6.07) is 2.19. The lowest BCUT2D eigenvalue weighted by Gasteiger charge is -2.37. The van der Waals surface area contributed by atoms with Crippen LogP contribution in [0.4, 0.5) is 0 Å². The van der Waals surface area contributed by atoms with Crippen LogP contribution in [0.5, 0.6) is 0 Å². The molecule has 0 aromatic carbocycles. The number of rotatable bonds is 3. The third kappa shape index (κ3) is 2.59. The average molecular weight is 328 g/mol. The summed E-state index contributed by atoms with van der Waals surface area (Å²) < 4.78 is 2.04. The minimum absolute atomic E-state index is 0.0298. The average Bonchev–Trinajstić information content (AvgIpc) is 3.05. The first-order valence-electron chi connectivity index (χ1n) is 8.84. The van der Waals surface area contributed by atoms with Gasteiger partial charge in [0.15, 0.2) is 5.65 Å². The third-order valence-corrected chi connectivity index (χ3v) is 5.21. The van der Waals surface area contributed by atoms with Crippen LogP contribution in [0.1, 0.15) is 49.9 Å². The van der Waals surface area contributed by atoms with Gasteiger partial charge in [0.05, 0.1) is 18.0 Å². The second-order valence-corrected chi connectivity index (χ2v) is 7.58. The van der Waals surface area contributed by atoms with Gasteiger partial charge in [-0.1, -0.05) is 13.8 Å². The topological polar surface area (TPSA) is 71.2 Å². The molecular weight excluding hydrogens is 304 g/mol. The Balaban J connectivity index is 1.61. The number of aromatic nitrogens is 3. The van der Waals surface area contributed by atoms with Gasteiger partial charge in [-0.15, -0.1) is 0 Å². The minimum atomic E-state index is -0.265. The first-order valence-corrected chi connectivity index (χ1v) is 8.84. The highest BCUT2D eigenvalue weighted by molar-refractivity contribution is 5.97. The quantitative estimate of drug-likeness (QED) is 0.938. The van der Waals surface area contributed by atoms with Crippen LogP contribution in [-0.2, 0) is 6.54 Å². The van der Waals surface area contributed by atoms with Crippen LogP contribution in [0.15, 0.2) is 18.6 Å². The van der Waals surface area contributed by atoms with E-state index in [0.29, 0.717) is 24.3 Å². The van der Waals surface area contributed by atoms with Gasteiger partial charge in [-0.25, -0.2) is 9.97 Å². The Bertz CT molecular complexity index is 755. The molecule has 6 heteroatoms. The molecule has 0 radical (unpaired) electrons. The first-order chi connectivity index (χ1) is 11.5. The summed E-state index contributed by atoms with van der Waals surface area (Å²) in [7, 11) is 0. The third-order valence-electron chi connectivity index (χ3n) is 5.21. The molecule has 2 aliphatic heterocycles. The Morgan fingerprint density at radius 3 is 2.67 bits per heavy atom. The number of aliphatic hydroxyl groups is 1. The standard InChI is InChI=1S/C18H24N4O2/c1-11(2)9-21-10-20-16-5-12(8-19-17(16)21)18(24)22-13-3-4-14(22)7-15(23)6-13/h5,8,10-11,13-15,23H,3-4,6-7,9H2,1-2H3/t13-,14+,15?. The van der Waals surface area contributed by atoms with Crippen LogP contribution < -0.4 is 0 Å². The van der Waals surface area contributed by atoms with Crippen molar-refractivity contribution in [2.75, 3.05) is 0 Å². The lowest BCUT2D eigenvalue weighted by molar-refractivity contribution is 0.0286. The fourth-order valence-corrected chi connectivity index (χ4v) is 4.22. The Kier molecular flexibility index (Phi) is 3.79. The predicted octanol–water partition coefficient (Wildman–Crippen LogP) is 2.22. The second-order valence-electron chi connectivity index (χ2n) is 7.58. The lowest BCUT2D eigenvalue weighted by atomic mass is 9.99. The maximum absolute atomic E-state index is 13.0. The van der Waals surface area contributed by atoms with Gasteiger partial charge < -0.3 is 14.6 Å². The molecule has 3 atom stereocenters. The number of aliphatic hydroxyl groups excluding tert-OH is 1. The molecule has 128 valence electrons. The highest BCUT2D eigenvalue weighted by atomic mass is 16.3. The molecule has 2 fully saturated rings. The Morgan fingerprint density at radius 2 is 2.00 bits per heavy atom. The molecule has 2 aromatic rings. The molecule has 1 amide bonds. The van der Waals surface area contributed by atoms with Crippen molar-refractivity contribution in [3.8, 4) is 0 Å². The normalized spacial score (nSPS) is 26.5. The molecule has 4 rings (SSSR count). The second kappa shape index (κ2) is 5.84. The van der Waals surface area contributed by atoms with E-state index in [1.54, 1.807) is 12.5 Å². The van der Waals surface area contributed by atoms with Crippen molar-refractivity contribution >= 4 is 17.1 Å². The number of hydrogen-bond donors (Lipinski definition) is 1. The van der Waals surface area contributed by atoms with Gasteiger partial charge in [-0.05, 0) is 37.7 Å². The van der Waals surface area contributed by atoms with Crippen LogP contribution >= 0.6 is 0 Å². The van der Waals surface area contributed by atoms with E-state index in [4.69, 9.17) is 0 Å². The first kappa shape index (κ1) is 15.6. The number of fused-ring (bicyclic) bond motifs is 3. The predicted molar refractivity (Wildman–Crippen MR) is 90.6 cm³/mol. The molecule has 2 aromatic heterocycles. The number of pyridine rings is 1. The zero-order valence-electron chi connectivity index (χ0n) is 14.2. The van der Waals surface area contributed by atoms with Crippen LogP contribution in [0, 0.1) is 5.92 Å². The highest BCUT2D eigenvalue weighted by Crippen LogP contribution is 2.36. The molecule has 24 heavy (non-hydrogen) atoms. The van der Waals surface area contributed by atoms with Crippen molar-refractivity contribution < 1.29 is 9.90 Å². The van der Waals surface area contributed by atoms with Crippen LogP contribution in [-0.4, -0.2) is 48.6 Å². The summed E-state index contributed by atoms with van der Waals surface area (Å²) in [5, 5.41) is 9.91. The number of piperidine rings is 1. The van der Waals surface area contributed by atoms with Crippen molar-refractivity contribution in [1.82, 2.24) is 19.4 Å². The zero-order valence-corrected chi connectivity index (χ0v) is 14.2. The van der Waals surface area contributed by atoms with E-state index in [1.165, 1.54) is 0 Å². The SMILES string of the molecule is CC(C)Cn1cnc2cc(C(=O)N3[C@@H]4CC[C@H]3CC(O)C4)cnc21. The van der Waals surface area contributed by atoms with E-state index in [9.17, 15) is 9.90 Å². The summed E-state index contributed by atoms with van der Waals surface area (Å²) in [6.45, 7) is 5.18. The zero-order chi connectivity index (χ0) is 16.8. The summed E-state index contributed by atoms with van der Waals surface area (Å²) in [5.74, 6) is 0.545. The van der Waals surface area contributed by atoms with Gasteiger partial charge in [0, 0.05) is 24.8 Å². The molecule has 0 spiro atoms. The maximum atomic E-state index is 13.0. The fraction of sp³-hybridized carbons (Fsp3) is 0.611. The maximum Gasteiger partial charge on any atom is 0.256 e. The van der Waals surface area contributed by atoms with Crippen molar-refractivity contribution in [1.29, 1.82) is 0 Å². The molecular formula is C18H24N4O2. The summed E-state index contributed by atoms with van der Waals surface area (Å²) >= 11 is 0. The Morgan fingerprint density at radius 1 is 1.29 bits per heavy atom. The largest absolute Gasteiger partial charge is 0.393 e. The molecule has 6 nitrogen and oxygen atoms in total. The van der Waals surface area contributed by atoms with Gasteiger partial charge in [-0.2, -0.15) is 0 Å². The molecule has 1 unspecified atom stereocenters. The Labute approximate surface area is 141 Å². The minimum Gasteiger partial charge on any atom is -0.393 e. The van der Waals surface area contributed by atoms with Gasteiger partial charge in [0.25, 0.3) is 5.91 Å². The fourth-order valence-electron chi connectivity index (χ4n) is 4.22. The van der Waals surface area contributed by atoms with Crippen molar-refractivity contribution in [2.45, 2.75) is 64.3 Å². The van der Waals surface area contributed by atoms with Gasteiger partial charge in [-0.3, -0.25) is 4.79 Å². The number of nitrogens with zero attached hydrogens (tertiary/aromatic N) is 4. The van der Waals surface area contributed by atoms with Crippen LogP contribution in [0.3, 0.4) is 0 Å². The molecule has 0 aliphatic carbocycles. The highest BCUT2D eigenvalue weighted by Gasteiger charge is 2.43. The van der Waals surface area contributed by atoms with Gasteiger partial charge >= 0.3 is 0 Å². The number of hydrogen-bond acceptors (Lipinski definition) is 4. The van der Waals surface area contributed by atoms with E-state index >= 15 is 0 Å². The number of carbonyl (C=O) groups is 1. The van der Waals surface area contributed by atoms with E-state index < -0.39 is 0 Å². The van der Waals surface area contributed by atoms with Crippen LogP contribution in [0.2, 0.25) is 0 Å². The Hall–Kier alpha value is -1.95. The smallest absolute Gasteiger partial charge is 0.256 e. The molecule has 1 N–H and O–H groups in total. The molecule has 2 bridgehead atoms. The summed E-state index contributed by atoms with van der Waals surface area (Å²) in [6.07, 6.45) is 6.58. The monoisotopic (exact) mass is 328 g/mol. The molecule has 2 saturated heterocycles. The molecule has 4 heterocycles. The summed E-state index contributed by atoms with van der Waals surface area (Å²) in [5.41, 5.74) is 2.20. The molecule has 0 saturated carbocycles. The number of imidazole rings is 1. The van der Waals surface area contributed by atoms with E-state index in [-0.39, 0.29) is 24.1 Å².